The summed E-state index contributed by atoms with van der Waals surface area (Å²) >= 11 is 3.43. The zero-order chi connectivity index (χ0) is 14.3. The number of rotatable bonds is 1. The van der Waals surface area contributed by atoms with Crippen molar-refractivity contribution in [3.63, 3.8) is 0 Å². The van der Waals surface area contributed by atoms with Crippen LogP contribution in [0.3, 0.4) is 0 Å². The fraction of sp³-hybridized carbons (Fsp3) is 0.250. The maximum atomic E-state index is 9.85. The molecule has 0 atom stereocenters. The molecule has 0 amide bonds. The zero-order valence-electron chi connectivity index (χ0n) is 11.5. The van der Waals surface area contributed by atoms with Gasteiger partial charge in [0.15, 0.2) is 0 Å². The van der Waals surface area contributed by atoms with E-state index in [0.717, 1.165) is 37.9 Å². The molecule has 2 aromatic carbocycles. The molecule has 19 heavy (non-hydrogen) atoms. The molecule has 0 unspecified atom stereocenters. The summed E-state index contributed by atoms with van der Waals surface area (Å²) in [6, 6.07) is 5.29. The summed E-state index contributed by atoms with van der Waals surface area (Å²) in [5, 5.41) is 19.5. The maximum absolute atomic E-state index is 9.85. The number of aromatic hydroxyl groups is 2. The van der Waals surface area contributed by atoms with Crippen molar-refractivity contribution in [1.29, 1.82) is 0 Å². The molecule has 2 N–H and O–H groups in total. The molecular weight excluding hydrogens is 304 g/mol. The van der Waals surface area contributed by atoms with Crippen LogP contribution in [0.25, 0.3) is 11.1 Å². The van der Waals surface area contributed by atoms with Crippen molar-refractivity contribution in [2.24, 2.45) is 0 Å². The van der Waals surface area contributed by atoms with Gasteiger partial charge < -0.3 is 10.2 Å². The van der Waals surface area contributed by atoms with Gasteiger partial charge in [-0.2, -0.15) is 0 Å². The van der Waals surface area contributed by atoms with Crippen molar-refractivity contribution in [1.82, 2.24) is 0 Å². The van der Waals surface area contributed by atoms with E-state index in [0.29, 0.717) is 0 Å². The Morgan fingerprint density at radius 3 is 1.79 bits per heavy atom. The van der Waals surface area contributed by atoms with Gasteiger partial charge in [-0.05, 0) is 95.2 Å². The molecule has 2 aromatic rings. The molecule has 3 heteroatoms. The van der Waals surface area contributed by atoms with Gasteiger partial charge in [-0.1, -0.05) is 0 Å². The number of aryl methyl sites for hydroxylation is 3. The van der Waals surface area contributed by atoms with Gasteiger partial charge in [0, 0.05) is 0 Å². The van der Waals surface area contributed by atoms with Crippen molar-refractivity contribution in [2.45, 2.75) is 27.7 Å². The summed E-state index contributed by atoms with van der Waals surface area (Å²) in [5.41, 5.74) is 6.32. The van der Waals surface area contributed by atoms with Crippen LogP contribution in [0.1, 0.15) is 22.3 Å². The van der Waals surface area contributed by atoms with E-state index in [1.54, 1.807) is 18.2 Å². The molecule has 0 aliphatic carbocycles. The summed E-state index contributed by atoms with van der Waals surface area (Å²) in [7, 11) is 0. The molecule has 0 saturated carbocycles. The first-order valence-corrected chi connectivity index (χ1v) is 6.91. The van der Waals surface area contributed by atoms with Gasteiger partial charge in [0.2, 0.25) is 0 Å². The highest BCUT2D eigenvalue weighted by Crippen LogP contribution is 2.40. The van der Waals surface area contributed by atoms with Crippen LogP contribution in [-0.2, 0) is 0 Å². The monoisotopic (exact) mass is 320 g/mol. The van der Waals surface area contributed by atoms with Crippen molar-refractivity contribution >= 4 is 15.9 Å². The third-order valence-corrected chi connectivity index (χ3v) is 4.45. The second-order valence-electron chi connectivity index (χ2n) is 4.98. The second-order valence-corrected chi connectivity index (χ2v) is 5.77. The second kappa shape index (κ2) is 4.89. The van der Waals surface area contributed by atoms with Crippen LogP contribution in [0.4, 0.5) is 0 Å². The SMILES string of the molecule is Cc1cc(O)cc(C)c1-c1c(C)cc(O)c(Br)c1C. The van der Waals surface area contributed by atoms with Gasteiger partial charge in [-0.25, -0.2) is 0 Å². The van der Waals surface area contributed by atoms with Crippen LogP contribution in [0.2, 0.25) is 0 Å². The van der Waals surface area contributed by atoms with Gasteiger partial charge in [-0.3, -0.25) is 0 Å². The fourth-order valence-electron chi connectivity index (χ4n) is 2.66. The predicted octanol–water partition coefficient (Wildman–Crippen LogP) is 4.76. The van der Waals surface area contributed by atoms with Gasteiger partial charge in [0.1, 0.15) is 11.5 Å². The third-order valence-electron chi connectivity index (χ3n) is 3.44. The van der Waals surface area contributed by atoms with Crippen LogP contribution in [0.5, 0.6) is 11.5 Å². The zero-order valence-corrected chi connectivity index (χ0v) is 13.1. The Kier molecular flexibility index (Phi) is 3.59. The first-order chi connectivity index (χ1) is 8.82. The van der Waals surface area contributed by atoms with Crippen molar-refractivity contribution < 1.29 is 10.2 Å². The molecule has 0 fully saturated rings. The Balaban J connectivity index is 2.84. The van der Waals surface area contributed by atoms with E-state index in [1.165, 1.54) is 0 Å². The van der Waals surface area contributed by atoms with Crippen LogP contribution < -0.4 is 0 Å². The van der Waals surface area contributed by atoms with Gasteiger partial charge in [0.05, 0.1) is 4.47 Å². The number of hydrogen-bond donors (Lipinski definition) is 2. The van der Waals surface area contributed by atoms with Crippen molar-refractivity contribution in [2.75, 3.05) is 0 Å². The summed E-state index contributed by atoms with van der Waals surface area (Å²) < 4.78 is 0.722. The summed E-state index contributed by atoms with van der Waals surface area (Å²) in [4.78, 5) is 0. The molecule has 0 aliphatic rings. The van der Waals surface area contributed by atoms with Gasteiger partial charge in [-0.15, -0.1) is 0 Å². The van der Waals surface area contributed by atoms with E-state index in [-0.39, 0.29) is 11.5 Å². The Hall–Kier alpha value is -1.48. The Morgan fingerprint density at radius 1 is 0.789 bits per heavy atom. The number of halogens is 1. The third kappa shape index (κ3) is 2.35. The molecule has 0 radical (unpaired) electrons. The molecule has 0 saturated heterocycles. The quantitative estimate of drug-likeness (QED) is 0.795. The van der Waals surface area contributed by atoms with Crippen LogP contribution in [0, 0.1) is 27.7 Å². The van der Waals surface area contributed by atoms with Crippen molar-refractivity contribution in [3.8, 4) is 22.6 Å². The molecule has 100 valence electrons. The molecule has 0 aliphatic heterocycles. The predicted molar refractivity (Wildman–Crippen MR) is 81.9 cm³/mol. The smallest absolute Gasteiger partial charge is 0.130 e. The Labute approximate surface area is 121 Å². The standard InChI is InChI=1S/C16H17BrO2/c1-8-5-12(18)6-9(2)14(8)15-10(3)7-13(19)16(17)11(15)4/h5-7,18-19H,1-4H3. The van der Waals surface area contributed by atoms with E-state index < -0.39 is 0 Å². The lowest BCUT2D eigenvalue weighted by Gasteiger charge is -2.18. The molecular formula is C16H17BrO2. The highest BCUT2D eigenvalue weighted by molar-refractivity contribution is 9.10. The highest BCUT2D eigenvalue weighted by Gasteiger charge is 2.16. The Morgan fingerprint density at radius 2 is 1.26 bits per heavy atom. The van der Waals surface area contributed by atoms with E-state index >= 15 is 0 Å². The minimum atomic E-state index is 0.257. The van der Waals surface area contributed by atoms with E-state index in [1.807, 2.05) is 27.7 Å². The fourth-order valence-corrected chi connectivity index (χ4v) is 2.97. The summed E-state index contributed by atoms with van der Waals surface area (Å²) in [6.07, 6.45) is 0. The first kappa shape index (κ1) is 13.9. The molecule has 0 aromatic heterocycles. The maximum Gasteiger partial charge on any atom is 0.130 e. The van der Waals surface area contributed by atoms with Gasteiger partial charge in [0.25, 0.3) is 0 Å². The minimum Gasteiger partial charge on any atom is -0.508 e. The normalized spacial score (nSPS) is 10.8. The number of hydrogen-bond acceptors (Lipinski definition) is 2. The lowest BCUT2D eigenvalue weighted by molar-refractivity contribution is 0.470. The largest absolute Gasteiger partial charge is 0.508 e. The number of phenolic OH excluding ortho intramolecular Hbond substituents is 2. The number of phenols is 2. The van der Waals surface area contributed by atoms with Gasteiger partial charge >= 0.3 is 0 Å². The molecule has 2 rings (SSSR count). The Bertz CT molecular complexity index is 637. The minimum absolute atomic E-state index is 0.257. The average Bonchev–Trinajstić information content (AvgIpc) is 2.29. The van der Waals surface area contributed by atoms with E-state index in [4.69, 9.17) is 0 Å². The first-order valence-electron chi connectivity index (χ1n) is 6.12. The highest BCUT2D eigenvalue weighted by atomic mass is 79.9. The average molecular weight is 321 g/mol. The molecule has 0 spiro atoms. The van der Waals surface area contributed by atoms with Crippen LogP contribution in [0.15, 0.2) is 22.7 Å². The topological polar surface area (TPSA) is 40.5 Å². The molecule has 2 nitrogen and oxygen atoms in total. The van der Waals surface area contributed by atoms with E-state index in [2.05, 4.69) is 15.9 Å². The molecule has 0 heterocycles. The van der Waals surface area contributed by atoms with Crippen molar-refractivity contribution in [3.05, 3.63) is 44.9 Å². The van der Waals surface area contributed by atoms with E-state index in [9.17, 15) is 10.2 Å². The van der Waals surface area contributed by atoms with Crippen LogP contribution in [-0.4, -0.2) is 10.2 Å². The lowest BCUT2D eigenvalue weighted by atomic mass is 9.89. The van der Waals surface area contributed by atoms with Crippen LogP contribution >= 0.6 is 15.9 Å². The summed E-state index contributed by atoms with van der Waals surface area (Å²) in [6.45, 7) is 7.95. The molecule has 0 bridgehead atoms. The summed E-state index contributed by atoms with van der Waals surface area (Å²) in [5.74, 6) is 0.541. The number of benzene rings is 2. The lowest BCUT2D eigenvalue weighted by Crippen LogP contribution is -1.95.